The Morgan fingerprint density at radius 3 is 2.32 bits per heavy atom. The van der Waals surface area contributed by atoms with Gasteiger partial charge in [0.15, 0.2) is 0 Å². The van der Waals surface area contributed by atoms with Gasteiger partial charge in [0, 0.05) is 44.1 Å². The number of amides is 2. The number of aromatic nitrogens is 1. The molecule has 3 aliphatic rings. The molecule has 2 saturated carbocycles. The number of carbonyl (C=O) groups excluding carboxylic acids is 1. The molecule has 1 aromatic heterocycles. The zero-order valence-electron chi connectivity index (χ0n) is 15.0. The molecule has 5 nitrogen and oxygen atoms in total. The molecule has 2 amide bonds. The molecule has 0 unspecified atom stereocenters. The Morgan fingerprint density at radius 2 is 1.72 bits per heavy atom. The fourth-order valence-corrected chi connectivity index (χ4v) is 4.05. The summed E-state index contributed by atoms with van der Waals surface area (Å²) in [5, 5.41) is 6.50. The summed E-state index contributed by atoms with van der Waals surface area (Å²) < 4.78 is 0. The Morgan fingerprint density at radius 1 is 1.08 bits per heavy atom. The molecule has 5 heteroatoms. The van der Waals surface area contributed by atoms with Gasteiger partial charge in [-0.2, -0.15) is 0 Å². The number of urea groups is 1. The van der Waals surface area contributed by atoms with E-state index < -0.39 is 0 Å². The van der Waals surface area contributed by atoms with Crippen LogP contribution in [0.25, 0.3) is 0 Å². The zero-order chi connectivity index (χ0) is 17.1. The van der Waals surface area contributed by atoms with Gasteiger partial charge >= 0.3 is 6.03 Å². The number of carbonyl (C=O) groups is 1. The van der Waals surface area contributed by atoms with Gasteiger partial charge in [-0.05, 0) is 74.5 Å². The largest absolute Gasteiger partial charge is 0.335 e. The van der Waals surface area contributed by atoms with Crippen LogP contribution in [-0.2, 0) is 6.42 Å². The van der Waals surface area contributed by atoms with Crippen molar-refractivity contribution in [3.8, 4) is 0 Å². The summed E-state index contributed by atoms with van der Waals surface area (Å²) in [5.41, 5.74) is 1.35. The second-order valence-corrected chi connectivity index (χ2v) is 8.04. The van der Waals surface area contributed by atoms with Gasteiger partial charge in [0.2, 0.25) is 0 Å². The fourth-order valence-electron chi connectivity index (χ4n) is 4.05. The van der Waals surface area contributed by atoms with Crippen LogP contribution in [0.4, 0.5) is 4.79 Å². The van der Waals surface area contributed by atoms with Gasteiger partial charge in [-0.15, -0.1) is 0 Å². The molecule has 4 rings (SSSR count). The van der Waals surface area contributed by atoms with E-state index in [1.165, 1.54) is 31.2 Å². The Bertz CT molecular complexity index is 550. The van der Waals surface area contributed by atoms with E-state index in [1.54, 1.807) is 0 Å². The number of hydrogen-bond acceptors (Lipinski definition) is 3. The third-order valence-corrected chi connectivity index (χ3v) is 5.95. The predicted octanol–water partition coefficient (Wildman–Crippen LogP) is 2.58. The second kappa shape index (κ2) is 7.73. The van der Waals surface area contributed by atoms with Crippen molar-refractivity contribution in [3.63, 3.8) is 0 Å². The molecule has 1 saturated heterocycles. The van der Waals surface area contributed by atoms with E-state index in [9.17, 15) is 4.79 Å². The summed E-state index contributed by atoms with van der Waals surface area (Å²) in [6.07, 6.45) is 12.1. The molecule has 0 atom stereocenters. The van der Waals surface area contributed by atoms with Crippen LogP contribution in [0, 0.1) is 11.8 Å². The lowest BCUT2D eigenvalue weighted by molar-refractivity contribution is 0.191. The molecular weight excluding hydrogens is 312 g/mol. The highest BCUT2D eigenvalue weighted by Gasteiger charge is 2.42. The first-order valence-electron chi connectivity index (χ1n) is 9.96. The van der Waals surface area contributed by atoms with Crippen LogP contribution < -0.4 is 10.6 Å². The molecule has 0 spiro atoms. The van der Waals surface area contributed by atoms with Crippen molar-refractivity contribution in [2.75, 3.05) is 19.6 Å². The lowest BCUT2D eigenvalue weighted by Crippen LogP contribution is -2.51. The number of nitrogens with zero attached hydrogens (tertiary/aromatic N) is 2. The highest BCUT2D eigenvalue weighted by atomic mass is 16.2. The first-order valence-corrected chi connectivity index (χ1v) is 9.96. The topological polar surface area (TPSA) is 57.3 Å². The van der Waals surface area contributed by atoms with Gasteiger partial charge in [0.25, 0.3) is 0 Å². The number of pyridine rings is 1. The number of piperidine rings is 1. The minimum Gasteiger partial charge on any atom is -0.335 e. The number of rotatable bonds is 7. The van der Waals surface area contributed by atoms with Crippen LogP contribution in [0.3, 0.4) is 0 Å². The fraction of sp³-hybridized carbons (Fsp3) is 0.700. The van der Waals surface area contributed by atoms with Crippen LogP contribution in [0.5, 0.6) is 0 Å². The summed E-state index contributed by atoms with van der Waals surface area (Å²) in [5.74, 6) is 1.52. The lowest BCUT2D eigenvalue weighted by Gasteiger charge is -2.32. The van der Waals surface area contributed by atoms with E-state index in [-0.39, 0.29) is 6.03 Å². The summed E-state index contributed by atoms with van der Waals surface area (Å²) in [4.78, 5) is 18.9. The highest BCUT2D eigenvalue weighted by Crippen LogP contribution is 2.44. The normalized spacial score (nSPS) is 22.1. The Labute approximate surface area is 150 Å². The maximum Gasteiger partial charge on any atom is 0.315 e. The smallest absolute Gasteiger partial charge is 0.315 e. The quantitative estimate of drug-likeness (QED) is 0.801. The van der Waals surface area contributed by atoms with E-state index in [1.807, 2.05) is 12.4 Å². The van der Waals surface area contributed by atoms with Crippen LogP contribution in [0.15, 0.2) is 24.5 Å². The number of hydrogen-bond donors (Lipinski definition) is 2. The monoisotopic (exact) mass is 342 g/mol. The van der Waals surface area contributed by atoms with Crippen molar-refractivity contribution in [2.45, 2.75) is 57.0 Å². The maximum atomic E-state index is 12.3. The van der Waals surface area contributed by atoms with Crippen LogP contribution in [-0.4, -0.2) is 47.6 Å². The van der Waals surface area contributed by atoms with Gasteiger partial charge in [-0.25, -0.2) is 4.79 Å². The summed E-state index contributed by atoms with van der Waals surface area (Å²) in [6.45, 7) is 3.24. The van der Waals surface area contributed by atoms with Crippen molar-refractivity contribution in [3.05, 3.63) is 30.1 Å². The van der Waals surface area contributed by atoms with E-state index in [0.717, 1.165) is 50.7 Å². The third kappa shape index (κ3) is 4.94. The van der Waals surface area contributed by atoms with Gasteiger partial charge in [-0.1, -0.05) is 0 Å². The van der Waals surface area contributed by atoms with Crippen molar-refractivity contribution >= 4 is 6.03 Å². The second-order valence-electron chi connectivity index (χ2n) is 8.04. The molecule has 0 aromatic carbocycles. The molecular formula is C20H30N4O. The van der Waals surface area contributed by atoms with Gasteiger partial charge < -0.3 is 15.5 Å². The first-order chi connectivity index (χ1) is 12.3. The Balaban J connectivity index is 1.15. The molecule has 2 aliphatic carbocycles. The van der Waals surface area contributed by atoms with Gasteiger partial charge in [-0.3, -0.25) is 4.98 Å². The van der Waals surface area contributed by atoms with Crippen LogP contribution in [0.1, 0.15) is 44.1 Å². The highest BCUT2D eigenvalue weighted by molar-refractivity contribution is 5.74. The van der Waals surface area contributed by atoms with Crippen LogP contribution in [0.2, 0.25) is 0 Å². The zero-order valence-corrected chi connectivity index (χ0v) is 15.0. The maximum absolute atomic E-state index is 12.3. The molecule has 25 heavy (non-hydrogen) atoms. The van der Waals surface area contributed by atoms with E-state index >= 15 is 0 Å². The minimum absolute atomic E-state index is 0.0686. The third-order valence-electron chi connectivity index (χ3n) is 5.95. The first kappa shape index (κ1) is 16.8. The van der Waals surface area contributed by atoms with E-state index in [2.05, 4.69) is 32.7 Å². The number of likely N-dealkylation sites (tertiary alicyclic amines) is 1. The molecule has 2 heterocycles. The SMILES string of the molecule is O=C(NC1CCN(CCc2ccncc2)CC1)NC(C1CC1)C1CC1. The van der Waals surface area contributed by atoms with Gasteiger partial charge in [0.05, 0.1) is 0 Å². The van der Waals surface area contributed by atoms with Crippen molar-refractivity contribution in [1.82, 2.24) is 20.5 Å². The van der Waals surface area contributed by atoms with Gasteiger partial charge in [0.1, 0.15) is 0 Å². The van der Waals surface area contributed by atoms with Crippen molar-refractivity contribution < 1.29 is 4.79 Å². The summed E-state index contributed by atoms with van der Waals surface area (Å²) >= 11 is 0. The molecule has 1 aliphatic heterocycles. The molecule has 0 bridgehead atoms. The predicted molar refractivity (Wildman–Crippen MR) is 98.3 cm³/mol. The van der Waals surface area contributed by atoms with Crippen molar-refractivity contribution in [1.29, 1.82) is 0 Å². The Hall–Kier alpha value is -1.62. The average Bonchev–Trinajstić information content (AvgIpc) is 3.54. The van der Waals surface area contributed by atoms with Crippen LogP contribution >= 0.6 is 0 Å². The molecule has 136 valence electrons. The van der Waals surface area contributed by atoms with Crippen molar-refractivity contribution in [2.24, 2.45) is 11.8 Å². The van der Waals surface area contributed by atoms with E-state index in [4.69, 9.17) is 0 Å². The average molecular weight is 342 g/mol. The summed E-state index contributed by atoms with van der Waals surface area (Å²) in [6, 6.07) is 5.03. The summed E-state index contributed by atoms with van der Waals surface area (Å²) in [7, 11) is 0. The molecule has 1 aromatic rings. The lowest BCUT2D eigenvalue weighted by atomic mass is 10.0. The van der Waals surface area contributed by atoms with E-state index in [0.29, 0.717) is 12.1 Å². The minimum atomic E-state index is 0.0686. The molecule has 2 N–H and O–H groups in total. The standard InChI is InChI=1S/C20H30N4O/c25-20(23-19(16-1-2-16)17-3-4-17)22-18-8-13-24(14-9-18)12-7-15-5-10-21-11-6-15/h5-6,10-11,16-19H,1-4,7-9,12-14H2,(H2,22,23,25). The number of nitrogens with one attached hydrogen (secondary N) is 2. The molecule has 3 fully saturated rings. The Kier molecular flexibility index (Phi) is 5.20. The molecule has 0 radical (unpaired) electrons.